The second-order valence-corrected chi connectivity index (χ2v) is 12.6. The predicted molar refractivity (Wildman–Crippen MR) is 171 cm³/mol. The molecule has 2 fully saturated rings. The highest BCUT2D eigenvalue weighted by molar-refractivity contribution is 5.84. The Morgan fingerprint density at radius 1 is 0.933 bits per heavy atom. The quantitative estimate of drug-likeness (QED) is 0.182. The molecule has 2 aliphatic heterocycles. The second kappa shape index (κ2) is 12.7. The fraction of sp³-hybridized carbons (Fsp3) is 0.429. The minimum absolute atomic E-state index is 0.0337. The van der Waals surface area contributed by atoms with E-state index in [1.165, 1.54) is 29.3 Å². The van der Waals surface area contributed by atoms with Crippen molar-refractivity contribution in [1.82, 2.24) is 10.2 Å². The average Bonchev–Trinajstić information content (AvgIpc) is 3.05. The first kappa shape index (κ1) is 32.3. The summed E-state index contributed by atoms with van der Waals surface area (Å²) in [6.07, 6.45) is 0.768. The monoisotopic (exact) mass is 614 g/mol. The molecule has 3 aromatic rings. The standard InChI is InChI=1S/C35H42N4O6/c1-3-34(31(40)41)29(25-11-10-16-28(23-25)39(44)45)35(32(42)43,24(2)37-30(34)36)19-22-38-20-17-33(18-21-38,26-12-6-4-7-13-26)27-14-8-5-9-15-27/h4-16,23-24,29-30,37H,3,17-22,36H2,1-2H3,(H,40,41)(H,42,43)/t24?,29?,30-,34?,35?/m1/s1. The first-order valence-corrected chi connectivity index (χ1v) is 15.6. The molecule has 4 unspecified atom stereocenters. The molecule has 0 aromatic heterocycles. The number of rotatable bonds is 10. The molecular weight excluding hydrogens is 572 g/mol. The van der Waals surface area contributed by atoms with Crippen molar-refractivity contribution in [1.29, 1.82) is 0 Å². The molecule has 0 bridgehead atoms. The molecule has 2 heterocycles. The summed E-state index contributed by atoms with van der Waals surface area (Å²) in [6, 6.07) is 25.9. The SMILES string of the molecule is CCC1(C(=O)O)C(c2cccc([N+](=O)[O-])c2)C(CCN2CCC(c3ccccc3)(c3ccccc3)CC2)(C(=O)O)C(C)N[C@H]1N. The number of carboxylic acids is 2. The van der Waals surface area contributed by atoms with Crippen LogP contribution < -0.4 is 11.1 Å². The van der Waals surface area contributed by atoms with Crippen LogP contribution in [0.25, 0.3) is 0 Å². The lowest BCUT2D eigenvalue weighted by molar-refractivity contribution is -0.385. The summed E-state index contributed by atoms with van der Waals surface area (Å²) < 4.78 is 0. The number of aliphatic carboxylic acids is 2. The Balaban J connectivity index is 1.51. The van der Waals surface area contributed by atoms with Crippen molar-refractivity contribution in [2.45, 2.75) is 63.1 Å². The molecular formula is C35H42N4O6. The lowest BCUT2D eigenvalue weighted by atomic mass is 9.51. The molecule has 0 amide bonds. The Kier molecular flexibility index (Phi) is 9.11. The third-order valence-corrected chi connectivity index (χ3v) is 10.8. The van der Waals surface area contributed by atoms with Crippen molar-refractivity contribution in [2.75, 3.05) is 19.6 Å². The molecule has 0 spiro atoms. The number of nitro groups is 1. The number of hydrogen-bond acceptors (Lipinski definition) is 7. The Labute approximate surface area is 263 Å². The Morgan fingerprint density at radius 2 is 1.49 bits per heavy atom. The maximum absolute atomic E-state index is 13.5. The van der Waals surface area contributed by atoms with Crippen LogP contribution in [0.5, 0.6) is 0 Å². The Hall–Kier alpha value is -4.12. The van der Waals surface area contributed by atoms with Gasteiger partial charge in [0.2, 0.25) is 0 Å². The van der Waals surface area contributed by atoms with Gasteiger partial charge in [0.1, 0.15) is 5.41 Å². The maximum atomic E-state index is 13.5. The van der Waals surface area contributed by atoms with Gasteiger partial charge in [0, 0.05) is 29.5 Å². The van der Waals surface area contributed by atoms with Crippen molar-refractivity contribution < 1.29 is 24.7 Å². The van der Waals surface area contributed by atoms with Crippen molar-refractivity contribution in [3.63, 3.8) is 0 Å². The van der Waals surface area contributed by atoms with Crippen LogP contribution >= 0.6 is 0 Å². The zero-order valence-electron chi connectivity index (χ0n) is 25.8. The van der Waals surface area contributed by atoms with Crippen LogP contribution in [0, 0.1) is 20.9 Å². The minimum Gasteiger partial charge on any atom is -0.481 e. The molecule has 0 aliphatic carbocycles. The van der Waals surface area contributed by atoms with Gasteiger partial charge in [-0.1, -0.05) is 79.7 Å². The number of nitrogens with one attached hydrogen (secondary N) is 1. The van der Waals surface area contributed by atoms with E-state index in [4.69, 9.17) is 5.73 Å². The van der Waals surface area contributed by atoms with Gasteiger partial charge in [0.05, 0.1) is 16.5 Å². The lowest BCUT2D eigenvalue weighted by Gasteiger charge is -2.57. The number of likely N-dealkylation sites (tertiary alicyclic amines) is 1. The Bertz CT molecular complexity index is 1490. The molecule has 5 rings (SSSR count). The van der Waals surface area contributed by atoms with E-state index in [1.54, 1.807) is 19.9 Å². The maximum Gasteiger partial charge on any atom is 0.313 e. The highest BCUT2D eigenvalue weighted by Gasteiger charge is 2.66. The van der Waals surface area contributed by atoms with E-state index in [0.29, 0.717) is 12.1 Å². The van der Waals surface area contributed by atoms with E-state index in [2.05, 4.69) is 58.7 Å². The number of nitrogens with zero attached hydrogens (tertiary/aromatic N) is 2. The van der Waals surface area contributed by atoms with Gasteiger partial charge < -0.3 is 20.8 Å². The number of nitrogens with two attached hydrogens (primary N) is 1. The van der Waals surface area contributed by atoms with E-state index < -0.39 is 45.8 Å². The highest BCUT2D eigenvalue weighted by atomic mass is 16.6. The molecule has 3 aromatic carbocycles. The number of nitro benzene ring substituents is 1. The van der Waals surface area contributed by atoms with E-state index in [1.807, 2.05) is 12.1 Å². The van der Waals surface area contributed by atoms with Crippen LogP contribution in [-0.4, -0.2) is 63.8 Å². The lowest BCUT2D eigenvalue weighted by Crippen LogP contribution is -2.73. The molecule has 10 heteroatoms. The summed E-state index contributed by atoms with van der Waals surface area (Å²) in [4.78, 5) is 40.1. The molecule has 2 aliphatic rings. The number of piperidine rings is 2. The number of carboxylic acid groups (broad SMARTS) is 2. The van der Waals surface area contributed by atoms with Crippen LogP contribution in [-0.2, 0) is 15.0 Å². The van der Waals surface area contributed by atoms with Gasteiger partial charge in [-0.15, -0.1) is 0 Å². The third kappa shape index (κ3) is 5.41. The van der Waals surface area contributed by atoms with Gasteiger partial charge >= 0.3 is 11.9 Å². The summed E-state index contributed by atoms with van der Waals surface area (Å²) in [5.74, 6) is -3.51. The summed E-state index contributed by atoms with van der Waals surface area (Å²) in [5, 5.41) is 36.6. The van der Waals surface area contributed by atoms with Crippen LogP contribution in [0.1, 0.15) is 62.1 Å². The van der Waals surface area contributed by atoms with Crippen LogP contribution in [0.2, 0.25) is 0 Å². The molecule has 10 nitrogen and oxygen atoms in total. The summed E-state index contributed by atoms with van der Waals surface area (Å²) in [7, 11) is 0. The van der Waals surface area contributed by atoms with Crippen molar-refractivity contribution in [2.24, 2.45) is 16.6 Å². The smallest absolute Gasteiger partial charge is 0.313 e. The van der Waals surface area contributed by atoms with Crippen LogP contribution in [0.15, 0.2) is 84.9 Å². The van der Waals surface area contributed by atoms with E-state index in [-0.39, 0.29) is 23.9 Å². The molecule has 5 N–H and O–H groups in total. The van der Waals surface area contributed by atoms with Crippen LogP contribution in [0.3, 0.4) is 0 Å². The van der Waals surface area contributed by atoms with Crippen LogP contribution in [0.4, 0.5) is 5.69 Å². The van der Waals surface area contributed by atoms with E-state index >= 15 is 0 Å². The zero-order valence-corrected chi connectivity index (χ0v) is 25.8. The molecule has 0 saturated carbocycles. The third-order valence-electron chi connectivity index (χ3n) is 10.8. The van der Waals surface area contributed by atoms with Crippen molar-refractivity contribution >= 4 is 17.6 Å². The van der Waals surface area contributed by atoms with Crippen molar-refractivity contribution in [3.8, 4) is 0 Å². The van der Waals surface area contributed by atoms with Gasteiger partial charge in [-0.05, 0) is 68.9 Å². The van der Waals surface area contributed by atoms with Crippen molar-refractivity contribution in [3.05, 3.63) is 112 Å². The van der Waals surface area contributed by atoms with Gasteiger partial charge in [-0.25, -0.2) is 0 Å². The molecule has 2 saturated heterocycles. The second-order valence-electron chi connectivity index (χ2n) is 12.6. The first-order valence-electron chi connectivity index (χ1n) is 15.6. The fourth-order valence-corrected chi connectivity index (χ4v) is 8.24. The van der Waals surface area contributed by atoms with Gasteiger partial charge in [-0.3, -0.25) is 25.0 Å². The summed E-state index contributed by atoms with van der Waals surface area (Å²) >= 11 is 0. The topological polar surface area (TPSA) is 159 Å². The van der Waals surface area contributed by atoms with Gasteiger partial charge in [0.25, 0.3) is 5.69 Å². The average molecular weight is 615 g/mol. The van der Waals surface area contributed by atoms with Gasteiger partial charge in [-0.2, -0.15) is 0 Å². The van der Waals surface area contributed by atoms with Gasteiger partial charge in [0.15, 0.2) is 0 Å². The normalized spacial score (nSPS) is 28.3. The number of carbonyl (C=O) groups is 2. The number of hydrogen-bond donors (Lipinski definition) is 4. The fourth-order valence-electron chi connectivity index (χ4n) is 8.24. The molecule has 5 atom stereocenters. The molecule has 0 radical (unpaired) electrons. The first-order chi connectivity index (χ1) is 21.5. The van der Waals surface area contributed by atoms with E-state index in [0.717, 1.165) is 25.9 Å². The predicted octanol–water partition coefficient (Wildman–Crippen LogP) is 4.98. The zero-order chi connectivity index (χ0) is 32.4. The highest BCUT2D eigenvalue weighted by Crippen LogP contribution is 2.58. The minimum atomic E-state index is -1.72. The summed E-state index contributed by atoms with van der Waals surface area (Å²) in [6.45, 7) is 5.27. The molecule has 238 valence electrons. The number of benzene rings is 3. The largest absolute Gasteiger partial charge is 0.481 e. The van der Waals surface area contributed by atoms with E-state index in [9.17, 15) is 29.9 Å². The summed E-state index contributed by atoms with van der Waals surface area (Å²) in [5.41, 5.74) is 5.56. The molecule has 45 heavy (non-hydrogen) atoms. The Morgan fingerprint density at radius 3 is 1.98 bits per heavy atom. The number of non-ortho nitro benzene ring substituents is 1.